The topological polar surface area (TPSA) is 12.0 Å². The van der Waals surface area contributed by atoms with Crippen molar-refractivity contribution >= 4 is 5.70 Å². The first-order valence-electron chi connectivity index (χ1n) is 8.38. The standard InChI is InChI=1S/C22H29N/c1-16-11-13-19(14-12-16)23-21(15-18(3)22(4,5)6)20-10-8-7-9-17(20)2/h7-11,13,15,23H,3,12,14H2,1-2,4-6H3/b21-15+. The summed E-state index contributed by atoms with van der Waals surface area (Å²) in [6, 6.07) is 8.51. The molecule has 1 N–H and O–H groups in total. The summed E-state index contributed by atoms with van der Waals surface area (Å²) in [6.07, 6.45) is 8.80. The second-order valence-corrected chi connectivity index (χ2v) is 7.48. The van der Waals surface area contributed by atoms with Crippen molar-refractivity contribution in [3.63, 3.8) is 0 Å². The summed E-state index contributed by atoms with van der Waals surface area (Å²) in [4.78, 5) is 0. The van der Waals surface area contributed by atoms with Gasteiger partial charge in [0.1, 0.15) is 0 Å². The summed E-state index contributed by atoms with van der Waals surface area (Å²) >= 11 is 0. The molecule has 122 valence electrons. The van der Waals surface area contributed by atoms with E-state index in [4.69, 9.17) is 0 Å². The van der Waals surface area contributed by atoms with Gasteiger partial charge in [-0.25, -0.2) is 0 Å². The Morgan fingerprint density at radius 3 is 2.35 bits per heavy atom. The third-order valence-corrected chi connectivity index (χ3v) is 4.37. The fourth-order valence-electron chi connectivity index (χ4n) is 2.47. The monoisotopic (exact) mass is 307 g/mol. The van der Waals surface area contributed by atoms with Crippen LogP contribution < -0.4 is 5.32 Å². The summed E-state index contributed by atoms with van der Waals surface area (Å²) in [5, 5.41) is 3.65. The van der Waals surface area contributed by atoms with E-state index in [0.717, 1.165) is 24.1 Å². The molecule has 0 spiro atoms. The fraction of sp³-hybridized carbons (Fsp3) is 0.364. The molecule has 1 aromatic carbocycles. The van der Waals surface area contributed by atoms with E-state index in [-0.39, 0.29) is 5.41 Å². The lowest BCUT2D eigenvalue weighted by molar-refractivity contribution is 0.519. The van der Waals surface area contributed by atoms with E-state index >= 15 is 0 Å². The molecular weight excluding hydrogens is 278 g/mol. The summed E-state index contributed by atoms with van der Waals surface area (Å²) in [5.74, 6) is 0. The van der Waals surface area contributed by atoms with Gasteiger partial charge in [-0.15, -0.1) is 0 Å². The van der Waals surface area contributed by atoms with Crippen molar-refractivity contribution in [2.75, 3.05) is 0 Å². The van der Waals surface area contributed by atoms with Gasteiger partial charge in [0.25, 0.3) is 0 Å². The molecule has 1 heteroatoms. The molecular formula is C22H29N. The number of hydrogen-bond donors (Lipinski definition) is 1. The molecule has 1 aliphatic carbocycles. The van der Waals surface area contributed by atoms with Gasteiger partial charge in [-0.05, 0) is 55.4 Å². The summed E-state index contributed by atoms with van der Waals surface area (Å²) in [5.41, 5.74) is 7.56. The van der Waals surface area contributed by atoms with Crippen molar-refractivity contribution in [1.29, 1.82) is 0 Å². The quantitative estimate of drug-likeness (QED) is 0.658. The van der Waals surface area contributed by atoms with Crippen molar-refractivity contribution in [1.82, 2.24) is 5.32 Å². The highest BCUT2D eigenvalue weighted by molar-refractivity contribution is 5.70. The van der Waals surface area contributed by atoms with Gasteiger partial charge in [0.15, 0.2) is 0 Å². The molecule has 2 rings (SSSR count). The van der Waals surface area contributed by atoms with Crippen molar-refractivity contribution in [3.8, 4) is 0 Å². The van der Waals surface area contributed by atoms with E-state index in [1.54, 1.807) is 0 Å². The van der Waals surface area contributed by atoms with E-state index < -0.39 is 0 Å². The summed E-state index contributed by atoms with van der Waals surface area (Å²) in [6.45, 7) is 15.2. The highest BCUT2D eigenvalue weighted by Gasteiger charge is 2.16. The zero-order chi connectivity index (χ0) is 17.0. The van der Waals surface area contributed by atoms with Crippen LogP contribution in [0.2, 0.25) is 0 Å². The lowest BCUT2D eigenvalue weighted by atomic mass is 9.86. The first-order valence-corrected chi connectivity index (χ1v) is 8.38. The van der Waals surface area contributed by atoms with E-state index in [1.165, 1.54) is 22.4 Å². The lowest BCUT2D eigenvalue weighted by Gasteiger charge is -2.23. The van der Waals surface area contributed by atoms with E-state index in [0.29, 0.717) is 0 Å². The molecule has 0 unspecified atom stereocenters. The Hall–Kier alpha value is -2.02. The number of allylic oxidation sites excluding steroid dienone is 6. The molecule has 0 heterocycles. The van der Waals surface area contributed by atoms with Crippen LogP contribution in [0.3, 0.4) is 0 Å². The maximum Gasteiger partial charge on any atom is 0.0460 e. The Labute approximate surface area is 141 Å². The molecule has 0 radical (unpaired) electrons. The van der Waals surface area contributed by atoms with Crippen LogP contribution in [-0.4, -0.2) is 0 Å². The van der Waals surface area contributed by atoms with Crippen LogP contribution in [0.25, 0.3) is 5.70 Å². The van der Waals surface area contributed by atoms with Crippen molar-refractivity contribution in [2.24, 2.45) is 5.41 Å². The Morgan fingerprint density at radius 1 is 1.09 bits per heavy atom. The third-order valence-electron chi connectivity index (χ3n) is 4.37. The summed E-state index contributed by atoms with van der Waals surface area (Å²) < 4.78 is 0. The van der Waals surface area contributed by atoms with Gasteiger partial charge in [-0.1, -0.05) is 63.3 Å². The number of hydrogen-bond acceptors (Lipinski definition) is 1. The maximum atomic E-state index is 4.28. The first kappa shape index (κ1) is 17.3. The predicted molar refractivity (Wildman–Crippen MR) is 102 cm³/mol. The molecule has 0 saturated heterocycles. The first-order chi connectivity index (χ1) is 10.8. The van der Waals surface area contributed by atoms with Crippen LogP contribution in [0.4, 0.5) is 0 Å². The predicted octanol–water partition coefficient (Wildman–Crippen LogP) is 6.15. The average molecular weight is 307 g/mol. The second-order valence-electron chi connectivity index (χ2n) is 7.48. The second kappa shape index (κ2) is 7.04. The minimum absolute atomic E-state index is 0.0626. The van der Waals surface area contributed by atoms with Crippen LogP contribution in [0.1, 0.15) is 51.7 Å². The lowest BCUT2D eigenvalue weighted by Crippen LogP contribution is -2.16. The van der Waals surface area contributed by atoms with Gasteiger partial charge in [0, 0.05) is 17.0 Å². The van der Waals surface area contributed by atoms with E-state index in [2.05, 4.69) is 89.0 Å². The summed E-state index contributed by atoms with van der Waals surface area (Å²) in [7, 11) is 0. The Kier molecular flexibility index (Phi) is 5.30. The van der Waals surface area contributed by atoms with Crippen LogP contribution in [-0.2, 0) is 0 Å². The zero-order valence-electron chi connectivity index (χ0n) is 15.2. The Balaban J connectivity index is 2.38. The number of rotatable bonds is 4. The number of nitrogens with one attached hydrogen (secondary N) is 1. The molecule has 1 aliphatic rings. The van der Waals surface area contributed by atoms with Gasteiger partial charge >= 0.3 is 0 Å². The van der Waals surface area contributed by atoms with Crippen LogP contribution >= 0.6 is 0 Å². The van der Waals surface area contributed by atoms with E-state index in [9.17, 15) is 0 Å². The van der Waals surface area contributed by atoms with Gasteiger partial charge in [0.05, 0.1) is 0 Å². The van der Waals surface area contributed by atoms with Crippen molar-refractivity contribution in [2.45, 2.75) is 47.5 Å². The minimum Gasteiger partial charge on any atom is -0.358 e. The molecule has 0 saturated carbocycles. The Bertz CT molecular complexity index is 678. The normalized spacial score (nSPS) is 15.8. The van der Waals surface area contributed by atoms with Crippen LogP contribution in [0, 0.1) is 12.3 Å². The minimum atomic E-state index is 0.0626. The number of benzene rings is 1. The average Bonchev–Trinajstić information content (AvgIpc) is 2.48. The van der Waals surface area contributed by atoms with Crippen molar-refractivity contribution < 1.29 is 0 Å². The van der Waals surface area contributed by atoms with Gasteiger partial charge < -0.3 is 5.32 Å². The smallest absolute Gasteiger partial charge is 0.0460 e. The SMILES string of the molecule is C=C(/C=C(/NC1=CC=C(C)CC1)c1ccccc1C)C(C)(C)C. The largest absolute Gasteiger partial charge is 0.358 e. The highest BCUT2D eigenvalue weighted by atomic mass is 14.9. The van der Waals surface area contributed by atoms with Gasteiger partial charge in [-0.2, -0.15) is 0 Å². The molecule has 0 aromatic heterocycles. The Morgan fingerprint density at radius 2 is 1.78 bits per heavy atom. The maximum absolute atomic E-state index is 4.28. The number of aryl methyl sites for hydroxylation is 1. The molecule has 0 atom stereocenters. The van der Waals surface area contributed by atoms with Gasteiger partial charge in [-0.3, -0.25) is 0 Å². The molecule has 0 amide bonds. The van der Waals surface area contributed by atoms with Gasteiger partial charge in [0.2, 0.25) is 0 Å². The van der Waals surface area contributed by atoms with E-state index in [1.807, 2.05) is 0 Å². The third kappa shape index (κ3) is 4.72. The highest BCUT2D eigenvalue weighted by Crippen LogP contribution is 2.29. The van der Waals surface area contributed by atoms with Crippen molar-refractivity contribution in [3.05, 3.63) is 77.0 Å². The molecule has 23 heavy (non-hydrogen) atoms. The fourth-order valence-corrected chi connectivity index (χ4v) is 2.47. The van der Waals surface area contributed by atoms with Crippen LogP contribution in [0.5, 0.6) is 0 Å². The molecule has 1 nitrogen and oxygen atoms in total. The van der Waals surface area contributed by atoms with Crippen LogP contribution in [0.15, 0.2) is 65.9 Å². The zero-order valence-corrected chi connectivity index (χ0v) is 15.2. The molecule has 0 aliphatic heterocycles. The molecule has 1 aromatic rings. The molecule has 0 fully saturated rings. The molecule has 0 bridgehead atoms.